The lowest BCUT2D eigenvalue weighted by atomic mass is 10.1. The van der Waals surface area contributed by atoms with Crippen LogP contribution in [0.4, 0.5) is 0 Å². The molecular formula is C12H11BrClNO5. The molecular weight excluding hydrogens is 353 g/mol. The summed E-state index contributed by atoms with van der Waals surface area (Å²) in [5, 5.41) is 20.0. The molecule has 0 saturated heterocycles. The van der Waals surface area contributed by atoms with Crippen LogP contribution in [0.1, 0.15) is 23.2 Å². The normalized spacial score (nSPS) is 11.7. The fourth-order valence-corrected chi connectivity index (χ4v) is 1.83. The van der Waals surface area contributed by atoms with Gasteiger partial charge in [0.25, 0.3) is 5.91 Å². The maximum Gasteiger partial charge on any atom is 0.326 e. The van der Waals surface area contributed by atoms with Crippen LogP contribution in [0.25, 0.3) is 0 Å². The molecule has 6 nitrogen and oxygen atoms in total. The van der Waals surface area contributed by atoms with E-state index in [9.17, 15) is 14.4 Å². The molecule has 0 fully saturated rings. The third kappa shape index (κ3) is 4.82. The average Bonchev–Trinajstić information content (AvgIpc) is 2.36. The minimum atomic E-state index is -1.29. The maximum atomic E-state index is 11.9. The molecule has 1 aromatic rings. The Bertz CT molecular complexity index is 549. The van der Waals surface area contributed by atoms with Crippen LogP contribution in [-0.2, 0) is 9.59 Å². The molecule has 1 amide bonds. The number of carboxylic acids is 2. The van der Waals surface area contributed by atoms with Crippen molar-refractivity contribution in [3.05, 3.63) is 33.3 Å². The number of benzene rings is 1. The van der Waals surface area contributed by atoms with Crippen molar-refractivity contribution in [1.82, 2.24) is 5.32 Å². The van der Waals surface area contributed by atoms with E-state index in [4.69, 9.17) is 21.8 Å². The van der Waals surface area contributed by atoms with Crippen molar-refractivity contribution >= 4 is 45.4 Å². The van der Waals surface area contributed by atoms with Crippen LogP contribution in [0.5, 0.6) is 0 Å². The summed E-state index contributed by atoms with van der Waals surface area (Å²) in [5.74, 6) is -3.04. The van der Waals surface area contributed by atoms with Gasteiger partial charge in [-0.05, 0) is 40.5 Å². The van der Waals surface area contributed by atoms with Crippen molar-refractivity contribution < 1.29 is 24.6 Å². The number of carbonyl (C=O) groups is 3. The molecule has 1 aromatic carbocycles. The molecule has 1 unspecified atom stereocenters. The summed E-state index contributed by atoms with van der Waals surface area (Å²) in [7, 11) is 0. The molecule has 0 heterocycles. The summed E-state index contributed by atoms with van der Waals surface area (Å²) >= 11 is 9.01. The number of amides is 1. The smallest absolute Gasteiger partial charge is 0.326 e. The largest absolute Gasteiger partial charge is 0.481 e. The summed E-state index contributed by atoms with van der Waals surface area (Å²) in [4.78, 5) is 33.3. The van der Waals surface area contributed by atoms with Gasteiger partial charge in [-0.1, -0.05) is 11.6 Å². The van der Waals surface area contributed by atoms with Crippen LogP contribution in [0.3, 0.4) is 0 Å². The van der Waals surface area contributed by atoms with Crippen molar-refractivity contribution in [2.24, 2.45) is 0 Å². The van der Waals surface area contributed by atoms with Crippen molar-refractivity contribution in [3.8, 4) is 0 Å². The van der Waals surface area contributed by atoms with Gasteiger partial charge in [0.1, 0.15) is 6.04 Å². The molecule has 0 saturated carbocycles. The molecule has 8 heteroatoms. The second kappa shape index (κ2) is 7.25. The van der Waals surface area contributed by atoms with Gasteiger partial charge in [0.05, 0.1) is 5.02 Å². The maximum absolute atomic E-state index is 11.9. The zero-order chi connectivity index (χ0) is 15.3. The molecule has 1 atom stereocenters. The number of carboxylic acid groups (broad SMARTS) is 2. The Kier molecular flexibility index (Phi) is 5.97. The molecule has 108 valence electrons. The van der Waals surface area contributed by atoms with Crippen LogP contribution < -0.4 is 5.32 Å². The summed E-state index contributed by atoms with van der Waals surface area (Å²) < 4.78 is 0.608. The Hall–Kier alpha value is -1.60. The van der Waals surface area contributed by atoms with Crippen LogP contribution in [-0.4, -0.2) is 34.1 Å². The lowest BCUT2D eigenvalue weighted by molar-refractivity contribution is -0.140. The predicted molar refractivity (Wildman–Crippen MR) is 74.9 cm³/mol. The predicted octanol–water partition coefficient (Wildman–Crippen LogP) is 2.15. The minimum absolute atomic E-state index is 0.194. The van der Waals surface area contributed by atoms with Crippen molar-refractivity contribution in [3.63, 3.8) is 0 Å². The Morgan fingerprint density at radius 3 is 2.45 bits per heavy atom. The van der Waals surface area contributed by atoms with Gasteiger partial charge in [0.15, 0.2) is 0 Å². The van der Waals surface area contributed by atoms with E-state index in [0.717, 1.165) is 0 Å². The van der Waals surface area contributed by atoms with Crippen molar-refractivity contribution in [2.45, 2.75) is 18.9 Å². The number of carbonyl (C=O) groups excluding carboxylic acids is 1. The number of hydrogen-bond donors (Lipinski definition) is 3. The Labute approximate surface area is 127 Å². The molecule has 20 heavy (non-hydrogen) atoms. The second-order valence-corrected chi connectivity index (χ2v) is 5.19. The SMILES string of the molecule is O=C(O)CCC(NC(=O)c1ccc(Br)c(Cl)c1)C(=O)O. The lowest BCUT2D eigenvalue weighted by Crippen LogP contribution is -2.41. The molecule has 0 aliphatic heterocycles. The van der Waals surface area contributed by atoms with Crippen molar-refractivity contribution in [2.75, 3.05) is 0 Å². The van der Waals surface area contributed by atoms with Gasteiger partial charge in [-0.3, -0.25) is 9.59 Å². The molecule has 0 radical (unpaired) electrons. The number of hydrogen-bond acceptors (Lipinski definition) is 3. The molecule has 1 rings (SSSR count). The molecule has 0 spiro atoms. The zero-order valence-electron chi connectivity index (χ0n) is 10.1. The second-order valence-electron chi connectivity index (χ2n) is 3.93. The first kappa shape index (κ1) is 16.5. The number of aliphatic carboxylic acids is 2. The zero-order valence-corrected chi connectivity index (χ0v) is 12.4. The van der Waals surface area contributed by atoms with Gasteiger partial charge in [-0.15, -0.1) is 0 Å². The van der Waals surface area contributed by atoms with Gasteiger partial charge in [0, 0.05) is 16.5 Å². The third-order valence-corrected chi connectivity index (χ3v) is 3.66. The summed E-state index contributed by atoms with van der Waals surface area (Å²) in [6.45, 7) is 0. The highest BCUT2D eigenvalue weighted by Gasteiger charge is 2.21. The van der Waals surface area contributed by atoms with E-state index in [1.54, 1.807) is 6.07 Å². The van der Waals surface area contributed by atoms with E-state index in [1.165, 1.54) is 12.1 Å². The Balaban J connectivity index is 2.77. The topological polar surface area (TPSA) is 104 Å². The highest BCUT2D eigenvalue weighted by atomic mass is 79.9. The lowest BCUT2D eigenvalue weighted by Gasteiger charge is -2.13. The molecule has 0 aromatic heterocycles. The first-order valence-corrected chi connectivity index (χ1v) is 6.69. The van der Waals surface area contributed by atoms with Crippen LogP contribution in [0.2, 0.25) is 5.02 Å². The van der Waals surface area contributed by atoms with E-state index in [0.29, 0.717) is 9.50 Å². The standard InChI is InChI=1S/C12H11BrClNO5/c13-7-2-1-6(5-8(7)14)11(18)15-9(12(19)20)3-4-10(16)17/h1-2,5,9H,3-4H2,(H,15,18)(H,16,17)(H,19,20). The van der Waals surface area contributed by atoms with E-state index in [-0.39, 0.29) is 18.4 Å². The van der Waals surface area contributed by atoms with Gasteiger partial charge in [0.2, 0.25) is 0 Å². The highest BCUT2D eigenvalue weighted by Crippen LogP contribution is 2.23. The number of rotatable bonds is 6. The molecule has 0 aliphatic carbocycles. The average molecular weight is 365 g/mol. The molecule has 0 aliphatic rings. The number of nitrogens with one attached hydrogen (secondary N) is 1. The summed E-state index contributed by atoms with van der Waals surface area (Å²) in [6.07, 6.45) is -0.543. The fraction of sp³-hybridized carbons (Fsp3) is 0.250. The Morgan fingerprint density at radius 2 is 1.95 bits per heavy atom. The monoisotopic (exact) mass is 363 g/mol. The van der Waals surface area contributed by atoms with Crippen LogP contribution in [0, 0.1) is 0 Å². The van der Waals surface area contributed by atoms with Gasteiger partial charge >= 0.3 is 11.9 Å². The Morgan fingerprint density at radius 1 is 1.30 bits per heavy atom. The third-order valence-electron chi connectivity index (χ3n) is 2.43. The summed E-state index contributed by atoms with van der Waals surface area (Å²) in [5.41, 5.74) is 0.194. The molecule has 3 N–H and O–H groups in total. The van der Waals surface area contributed by atoms with E-state index >= 15 is 0 Å². The minimum Gasteiger partial charge on any atom is -0.481 e. The van der Waals surface area contributed by atoms with Crippen LogP contribution in [0.15, 0.2) is 22.7 Å². The van der Waals surface area contributed by atoms with Gasteiger partial charge in [-0.2, -0.15) is 0 Å². The molecule has 0 bridgehead atoms. The number of halogens is 2. The van der Waals surface area contributed by atoms with E-state index < -0.39 is 23.9 Å². The van der Waals surface area contributed by atoms with Gasteiger partial charge in [-0.25, -0.2) is 4.79 Å². The fourth-order valence-electron chi connectivity index (χ4n) is 1.40. The van der Waals surface area contributed by atoms with Crippen LogP contribution >= 0.6 is 27.5 Å². The van der Waals surface area contributed by atoms with Gasteiger partial charge < -0.3 is 15.5 Å². The first-order chi connectivity index (χ1) is 9.31. The highest BCUT2D eigenvalue weighted by molar-refractivity contribution is 9.10. The first-order valence-electron chi connectivity index (χ1n) is 5.51. The quantitative estimate of drug-likeness (QED) is 0.717. The van der Waals surface area contributed by atoms with E-state index in [2.05, 4.69) is 21.2 Å². The summed E-state index contributed by atoms with van der Waals surface area (Å²) in [6, 6.07) is 3.16. The van der Waals surface area contributed by atoms with Crippen molar-refractivity contribution in [1.29, 1.82) is 0 Å². The van der Waals surface area contributed by atoms with E-state index in [1.807, 2.05) is 0 Å².